The maximum atomic E-state index is 12.4. The number of hydrogen-bond donors (Lipinski definition) is 2. The van der Waals surface area contributed by atoms with Gasteiger partial charge in [-0.05, 0) is 38.5 Å². The van der Waals surface area contributed by atoms with E-state index in [2.05, 4.69) is 16.4 Å². The highest BCUT2D eigenvalue weighted by Gasteiger charge is 2.36. The van der Waals surface area contributed by atoms with Crippen LogP contribution in [0.1, 0.15) is 55.9 Å². The van der Waals surface area contributed by atoms with E-state index in [0.717, 1.165) is 16.8 Å². The van der Waals surface area contributed by atoms with Crippen molar-refractivity contribution < 1.29 is 14.3 Å². The molecule has 3 N–H and O–H groups in total. The molecule has 30 heavy (non-hydrogen) atoms. The molecule has 1 aromatic heterocycles. The van der Waals surface area contributed by atoms with Crippen molar-refractivity contribution >= 4 is 11.6 Å². The predicted molar refractivity (Wildman–Crippen MR) is 117 cm³/mol. The molecule has 0 saturated heterocycles. The van der Waals surface area contributed by atoms with Gasteiger partial charge in [-0.15, -0.1) is 0 Å². The molecule has 0 unspecified atom stereocenters. The number of amides is 1. The van der Waals surface area contributed by atoms with Gasteiger partial charge in [0.15, 0.2) is 0 Å². The molecule has 1 aliphatic rings. The number of anilines is 1. The fourth-order valence-electron chi connectivity index (χ4n) is 3.57. The van der Waals surface area contributed by atoms with E-state index in [0.29, 0.717) is 40.6 Å². The first-order chi connectivity index (χ1) is 14.4. The summed E-state index contributed by atoms with van der Waals surface area (Å²) in [4.78, 5) is 16.8. The maximum Gasteiger partial charge on any atom is 0.247 e. The molecule has 7 heteroatoms. The van der Waals surface area contributed by atoms with E-state index in [1.54, 1.807) is 24.4 Å². The van der Waals surface area contributed by atoms with Gasteiger partial charge in [-0.2, -0.15) is 5.26 Å². The molecule has 0 fully saturated rings. The van der Waals surface area contributed by atoms with E-state index in [4.69, 9.17) is 15.2 Å². The predicted octanol–water partition coefficient (Wildman–Crippen LogP) is 4.01. The number of ether oxygens (including phenoxy) is 2. The largest absolute Gasteiger partial charge is 0.496 e. The topological polar surface area (TPSA) is 110 Å². The van der Waals surface area contributed by atoms with Gasteiger partial charge in [0.05, 0.1) is 42.5 Å². The Kier molecular flexibility index (Phi) is 7.43. The second-order valence-corrected chi connectivity index (χ2v) is 6.50. The lowest BCUT2D eigenvalue weighted by atomic mass is 9.79. The molecule has 0 bridgehead atoms. The monoisotopic (exact) mass is 408 g/mol. The van der Waals surface area contributed by atoms with E-state index in [9.17, 15) is 10.1 Å². The van der Waals surface area contributed by atoms with E-state index < -0.39 is 11.8 Å². The number of carbonyl (C=O) groups is 1. The van der Waals surface area contributed by atoms with Crippen LogP contribution in [-0.2, 0) is 4.79 Å². The summed E-state index contributed by atoms with van der Waals surface area (Å²) in [6, 6.07) is 7.22. The molecule has 3 rings (SSSR count). The first kappa shape index (κ1) is 22.8. The lowest BCUT2D eigenvalue weighted by Gasteiger charge is -2.32. The SMILES string of the molecule is CC.CCOc1ncc(C)c2c1[C@H](c1ccc(C#N)cc1OC)C(C(N)=O)=C(C)N2. The van der Waals surface area contributed by atoms with Gasteiger partial charge in [0.25, 0.3) is 0 Å². The summed E-state index contributed by atoms with van der Waals surface area (Å²) in [5, 5.41) is 12.5. The van der Waals surface area contributed by atoms with Crippen molar-refractivity contribution in [3.8, 4) is 17.7 Å². The molecule has 158 valence electrons. The van der Waals surface area contributed by atoms with Gasteiger partial charge in [-0.1, -0.05) is 19.9 Å². The lowest BCUT2D eigenvalue weighted by Crippen LogP contribution is -2.28. The van der Waals surface area contributed by atoms with Crippen LogP contribution in [0.3, 0.4) is 0 Å². The number of hydrogen-bond acceptors (Lipinski definition) is 6. The van der Waals surface area contributed by atoms with Crippen LogP contribution in [0, 0.1) is 18.3 Å². The highest BCUT2D eigenvalue weighted by Crippen LogP contribution is 2.48. The molecule has 0 aliphatic carbocycles. The number of pyridine rings is 1. The van der Waals surface area contributed by atoms with Crippen LogP contribution in [0.25, 0.3) is 0 Å². The second kappa shape index (κ2) is 9.79. The first-order valence-corrected chi connectivity index (χ1v) is 9.90. The number of nitrogens with two attached hydrogens (primary N) is 1. The Morgan fingerprint density at radius 3 is 2.60 bits per heavy atom. The fourth-order valence-corrected chi connectivity index (χ4v) is 3.57. The zero-order valence-electron chi connectivity index (χ0n) is 18.3. The van der Waals surface area contributed by atoms with Crippen LogP contribution in [0.5, 0.6) is 11.6 Å². The first-order valence-electron chi connectivity index (χ1n) is 9.90. The van der Waals surface area contributed by atoms with Crippen LogP contribution >= 0.6 is 0 Å². The number of allylic oxidation sites excluding steroid dienone is 1. The summed E-state index contributed by atoms with van der Waals surface area (Å²) < 4.78 is 11.3. The lowest BCUT2D eigenvalue weighted by molar-refractivity contribution is -0.114. The van der Waals surface area contributed by atoms with Gasteiger partial charge in [-0.3, -0.25) is 4.79 Å². The van der Waals surface area contributed by atoms with Crippen molar-refractivity contribution in [2.24, 2.45) is 5.73 Å². The maximum absolute atomic E-state index is 12.4. The standard InChI is InChI=1S/C21H22N4O3.C2H6/c1-5-28-21-18-17(14-7-6-13(9-22)8-15(14)27-4)16(20(23)26)12(3)25-19(18)11(2)10-24-21;1-2/h6-8,10,17,25H,5H2,1-4H3,(H2,23,26);1-2H3/t17-;/m1./s1. The van der Waals surface area contributed by atoms with Crippen molar-refractivity contribution in [1.29, 1.82) is 5.26 Å². The third-order valence-corrected chi connectivity index (χ3v) is 4.78. The van der Waals surface area contributed by atoms with Gasteiger partial charge in [0, 0.05) is 23.0 Å². The molecule has 0 saturated carbocycles. The number of rotatable bonds is 5. The van der Waals surface area contributed by atoms with E-state index in [-0.39, 0.29) is 0 Å². The molecule has 1 amide bonds. The number of fused-ring (bicyclic) bond motifs is 1. The van der Waals surface area contributed by atoms with Gasteiger partial charge in [-0.25, -0.2) is 4.98 Å². The smallest absolute Gasteiger partial charge is 0.247 e. The number of nitrogens with zero attached hydrogens (tertiary/aromatic N) is 2. The van der Waals surface area contributed by atoms with Crippen LogP contribution in [-0.4, -0.2) is 24.6 Å². The zero-order chi connectivity index (χ0) is 22.4. The quantitative estimate of drug-likeness (QED) is 0.773. The zero-order valence-corrected chi connectivity index (χ0v) is 18.3. The normalized spacial score (nSPS) is 14.5. The molecular weight excluding hydrogens is 380 g/mol. The molecule has 1 atom stereocenters. The van der Waals surface area contributed by atoms with Crippen LogP contribution in [0.2, 0.25) is 0 Å². The van der Waals surface area contributed by atoms with Crippen LogP contribution < -0.4 is 20.5 Å². The Bertz CT molecular complexity index is 1020. The summed E-state index contributed by atoms with van der Waals surface area (Å²) in [6.07, 6.45) is 1.73. The van der Waals surface area contributed by atoms with Gasteiger partial charge in [0.2, 0.25) is 11.8 Å². The number of primary amides is 1. The van der Waals surface area contributed by atoms with Gasteiger partial charge >= 0.3 is 0 Å². The summed E-state index contributed by atoms with van der Waals surface area (Å²) in [5.74, 6) is -0.160. The Hall–Kier alpha value is -3.53. The number of benzene rings is 1. The minimum absolute atomic E-state index is 0.406. The van der Waals surface area contributed by atoms with Crippen molar-refractivity contribution in [2.75, 3.05) is 19.0 Å². The van der Waals surface area contributed by atoms with Crippen molar-refractivity contribution in [3.63, 3.8) is 0 Å². The highest BCUT2D eigenvalue weighted by molar-refractivity contribution is 5.98. The van der Waals surface area contributed by atoms with Crippen molar-refractivity contribution in [2.45, 2.75) is 40.5 Å². The summed E-state index contributed by atoms with van der Waals surface area (Å²) in [5.41, 5.74) is 10.5. The number of aryl methyl sites for hydroxylation is 1. The highest BCUT2D eigenvalue weighted by atomic mass is 16.5. The van der Waals surface area contributed by atoms with Crippen molar-refractivity contribution in [3.05, 3.63) is 57.9 Å². The molecule has 0 radical (unpaired) electrons. The van der Waals surface area contributed by atoms with E-state index in [1.807, 2.05) is 34.6 Å². The van der Waals surface area contributed by atoms with Crippen LogP contribution in [0.15, 0.2) is 35.7 Å². The van der Waals surface area contributed by atoms with E-state index in [1.165, 1.54) is 7.11 Å². The van der Waals surface area contributed by atoms with Gasteiger partial charge in [0.1, 0.15) is 5.75 Å². The molecule has 2 heterocycles. The number of aromatic nitrogens is 1. The molecule has 1 aromatic carbocycles. The third-order valence-electron chi connectivity index (χ3n) is 4.78. The number of nitrogens with one attached hydrogen (secondary N) is 1. The average Bonchev–Trinajstić information content (AvgIpc) is 2.75. The Morgan fingerprint density at radius 2 is 2.03 bits per heavy atom. The molecule has 7 nitrogen and oxygen atoms in total. The molecule has 0 spiro atoms. The third kappa shape index (κ3) is 4.08. The van der Waals surface area contributed by atoms with Crippen molar-refractivity contribution in [1.82, 2.24) is 4.98 Å². The summed E-state index contributed by atoms with van der Waals surface area (Å²) in [7, 11) is 1.53. The number of methoxy groups -OCH3 is 1. The summed E-state index contributed by atoms with van der Waals surface area (Å²) in [6.45, 7) is 10.0. The minimum atomic E-state index is -0.545. The van der Waals surface area contributed by atoms with Crippen LogP contribution in [0.4, 0.5) is 5.69 Å². The second-order valence-electron chi connectivity index (χ2n) is 6.50. The molecule has 1 aliphatic heterocycles. The van der Waals surface area contributed by atoms with Gasteiger partial charge < -0.3 is 20.5 Å². The van der Waals surface area contributed by atoms with E-state index >= 15 is 0 Å². The number of nitriles is 1. The Labute approximate surface area is 177 Å². The Morgan fingerprint density at radius 1 is 1.33 bits per heavy atom. The molecule has 2 aromatic rings. The summed E-state index contributed by atoms with van der Waals surface area (Å²) >= 11 is 0. The fraction of sp³-hybridized carbons (Fsp3) is 0.348. The number of carbonyl (C=O) groups excluding carboxylic acids is 1. The molecular formula is C23H28N4O3. The Balaban J connectivity index is 0.00000155. The average molecular weight is 409 g/mol. The minimum Gasteiger partial charge on any atom is -0.496 e.